The fraction of sp³-hybridized carbons (Fsp3) is 0.389. The number of benzene rings is 1. The molecule has 2 aromatic rings. The van der Waals surface area contributed by atoms with Crippen molar-refractivity contribution < 1.29 is 13.9 Å². The molecule has 1 aromatic carbocycles. The van der Waals surface area contributed by atoms with Gasteiger partial charge in [0.25, 0.3) is 0 Å². The van der Waals surface area contributed by atoms with Crippen LogP contribution in [-0.2, 0) is 11.2 Å². The quantitative estimate of drug-likeness (QED) is 0.780. The Bertz CT molecular complexity index is 791. The summed E-state index contributed by atoms with van der Waals surface area (Å²) in [7, 11) is 0. The highest BCUT2D eigenvalue weighted by molar-refractivity contribution is 8.01. The van der Waals surface area contributed by atoms with Gasteiger partial charge in [-0.15, -0.1) is 11.8 Å². The third-order valence-corrected chi connectivity index (χ3v) is 4.50. The van der Waals surface area contributed by atoms with E-state index in [4.69, 9.17) is 13.9 Å². The Morgan fingerprint density at radius 1 is 1.39 bits per heavy atom. The van der Waals surface area contributed by atoms with Crippen molar-refractivity contribution in [3.05, 3.63) is 51.7 Å². The maximum atomic E-state index is 11.3. The van der Waals surface area contributed by atoms with Gasteiger partial charge in [0.05, 0.1) is 6.61 Å². The number of rotatable bonds is 5. The molecule has 1 atom stereocenters. The fourth-order valence-electron chi connectivity index (χ4n) is 2.69. The molecule has 0 aliphatic carbocycles. The van der Waals surface area contributed by atoms with Crippen molar-refractivity contribution in [1.29, 1.82) is 0 Å². The van der Waals surface area contributed by atoms with Gasteiger partial charge in [0.1, 0.15) is 23.0 Å². The Kier molecular flexibility index (Phi) is 4.50. The molecule has 23 heavy (non-hydrogen) atoms. The molecule has 122 valence electrons. The standard InChI is InChI=1S/C18H20O4S/c1-18(2,20-7-4-8-23-3)16-10-13-9-12-5-6-17(19)22-14(12)11-15(13)21-16/h4-6,8-9,11,16H,7,10H2,1-3H3. The molecule has 1 aliphatic heterocycles. The largest absolute Gasteiger partial charge is 0.487 e. The summed E-state index contributed by atoms with van der Waals surface area (Å²) in [5.41, 5.74) is 0.914. The molecule has 1 aromatic heterocycles. The zero-order valence-electron chi connectivity index (χ0n) is 13.5. The monoisotopic (exact) mass is 332 g/mol. The van der Waals surface area contributed by atoms with Crippen molar-refractivity contribution in [1.82, 2.24) is 0 Å². The van der Waals surface area contributed by atoms with Gasteiger partial charge < -0.3 is 13.9 Å². The first-order valence-corrected chi connectivity index (χ1v) is 8.83. The molecular weight excluding hydrogens is 312 g/mol. The Balaban J connectivity index is 1.79. The molecule has 1 unspecified atom stereocenters. The lowest BCUT2D eigenvalue weighted by Gasteiger charge is -2.30. The van der Waals surface area contributed by atoms with E-state index in [-0.39, 0.29) is 11.7 Å². The first-order chi connectivity index (χ1) is 11.0. The van der Waals surface area contributed by atoms with Gasteiger partial charge in [0.2, 0.25) is 0 Å². The molecule has 4 nitrogen and oxygen atoms in total. The number of hydrogen-bond donors (Lipinski definition) is 0. The van der Waals surface area contributed by atoms with Crippen LogP contribution in [0.25, 0.3) is 11.0 Å². The van der Waals surface area contributed by atoms with Gasteiger partial charge in [0, 0.05) is 23.9 Å². The molecule has 2 heterocycles. The predicted octanol–water partition coefficient (Wildman–Crippen LogP) is 3.77. The maximum Gasteiger partial charge on any atom is 0.336 e. The summed E-state index contributed by atoms with van der Waals surface area (Å²) < 4.78 is 17.2. The van der Waals surface area contributed by atoms with Crippen LogP contribution in [0.1, 0.15) is 19.4 Å². The minimum atomic E-state index is -0.408. The van der Waals surface area contributed by atoms with E-state index in [2.05, 4.69) is 0 Å². The molecule has 1 aliphatic rings. The molecule has 0 N–H and O–H groups in total. The SMILES string of the molecule is CSC=CCOC(C)(C)C1Cc2cc3ccc(=O)oc3cc2O1. The van der Waals surface area contributed by atoms with Gasteiger partial charge >= 0.3 is 5.63 Å². The Morgan fingerprint density at radius 3 is 3.00 bits per heavy atom. The van der Waals surface area contributed by atoms with Crippen molar-refractivity contribution >= 4 is 22.7 Å². The van der Waals surface area contributed by atoms with Crippen LogP contribution in [0.3, 0.4) is 0 Å². The zero-order valence-corrected chi connectivity index (χ0v) is 14.3. The lowest BCUT2D eigenvalue weighted by molar-refractivity contribution is -0.0723. The summed E-state index contributed by atoms with van der Waals surface area (Å²) in [5.74, 6) is 0.771. The van der Waals surface area contributed by atoms with Crippen LogP contribution >= 0.6 is 11.8 Å². The molecular formula is C18H20O4S. The van der Waals surface area contributed by atoms with Crippen molar-refractivity contribution in [2.75, 3.05) is 12.9 Å². The molecule has 0 spiro atoms. The third kappa shape index (κ3) is 3.46. The van der Waals surface area contributed by atoms with E-state index >= 15 is 0 Å². The summed E-state index contributed by atoms with van der Waals surface area (Å²) in [6.07, 6.45) is 4.73. The number of ether oxygens (including phenoxy) is 2. The fourth-order valence-corrected chi connectivity index (χ4v) is 2.96. The second-order valence-corrected chi connectivity index (χ2v) is 6.83. The minimum absolute atomic E-state index is 0.0660. The summed E-state index contributed by atoms with van der Waals surface area (Å²) in [5, 5.41) is 2.92. The summed E-state index contributed by atoms with van der Waals surface area (Å²) in [6.45, 7) is 4.63. The van der Waals surface area contributed by atoms with Gasteiger partial charge in [-0.1, -0.05) is 6.08 Å². The van der Waals surface area contributed by atoms with E-state index in [1.807, 2.05) is 37.7 Å². The predicted molar refractivity (Wildman–Crippen MR) is 93.3 cm³/mol. The molecule has 5 heteroatoms. The van der Waals surface area contributed by atoms with Gasteiger partial charge in [-0.25, -0.2) is 4.79 Å². The summed E-state index contributed by atoms with van der Waals surface area (Å²) in [4.78, 5) is 11.3. The van der Waals surface area contributed by atoms with E-state index in [9.17, 15) is 4.79 Å². The van der Waals surface area contributed by atoms with Gasteiger partial charge in [-0.05, 0) is 43.2 Å². The molecule has 0 bridgehead atoms. The van der Waals surface area contributed by atoms with Gasteiger partial charge in [0.15, 0.2) is 0 Å². The molecule has 0 radical (unpaired) electrons. The van der Waals surface area contributed by atoms with E-state index in [0.29, 0.717) is 12.2 Å². The van der Waals surface area contributed by atoms with E-state index < -0.39 is 5.60 Å². The van der Waals surface area contributed by atoms with Gasteiger partial charge in [-0.3, -0.25) is 0 Å². The highest BCUT2D eigenvalue weighted by atomic mass is 32.2. The summed E-state index contributed by atoms with van der Waals surface area (Å²) >= 11 is 1.65. The van der Waals surface area contributed by atoms with E-state index in [1.165, 1.54) is 6.07 Å². The number of hydrogen-bond acceptors (Lipinski definition) is 5. The van der Waals surface area contributed by atoms with Crippen molar-refractivity contribution in [3.8, 4) is 5.75 Å². The van der Waals surface area contributed by atoms with Crippen molar-refractivity contribution in [2.45, 2.75) is 32.0 Å². The van der Waals surface area contributed by atoms with Crippen LogP contribution in [0.2, 0.25) is 0 Å². The number of thioether (sulfide) groups is 1. The highest BCUT2D eigenvalue weighted by Crippen LogP contribution is 2.37. The molecule has 0 saturated carbocycles. The topological polar surface area (TPSA) is 48.7 Å². The van der Waals surface area contributed by atoms with Crippen LogP contribution in [0.4, 0.5) is 0 Å². The normalized spacial score (nSPS) is 17.6. The van der Waals surface area contributed by atoms with Crippen LogP contribution in [0.5, 0.6) is 5.75 Å². The smallest absolute Gasteiger partial charge is 0.336 e. The van der Waals surface area contributed by atoms with Crippen LogP contribution in [0, 0.1) is 0 Å². The first kappa shape index (κ1) is 16.1. The molecule has 3 rings (SSSR count). The zero-order chi connectivity index (χ0) is 16.4. The first-order valence-electron chi connectivity index (χ1n) is 7.55. The Morgan fingerprint density at radius 2 is 2.22 bits per heavy atom. The lowest BCUT2D eigenvalue weighted by atomic mass is 9.96. The maximum absolute atomic E-state index is 11.3. The van der Waals surface area contributed by atoms with Crippen LogP contribution in [0.15, 0.2) is 45.0 Å². The highest BCUT2D eigenvalue weighted by Gasteiger charge is 2.37. The second kappa shape index (κ2) is 6.42. The second-order valence-electron chi connectivity index (χ2n) is 6.08. The van der Waals surface area contributed by atoms with Crippen molar-refractivity contribution in [2.24, 2.45) is 0 Å². The molecule has 0 amide bonds. The Labute approximate surface area is 139 Å². The van der Waals surface area contributed by atoms with Gasteiger partial charge in [-0.2, -0.15) is 0 Å². The number of fused-ring (bicyclic) bond motifs is 2. The average molecular weight is 332 g/mol. The summed E-state index contributed by atoms with van der Waals surface area (Å²) in [6, 6.07) is 7.05. The van der Waals surface area contributed by atoms with E-state index in [0.717, 1.165) is 23.1 Å². The van der Waals surface area contributed by atoms with Crippen LogP contribution in [-0.4, -0.2) is 24.6 Å². The minimum Gasteiger partial charge on any atom is -0.487 e. The van der Waals surface area contributed by atoms with Crippen LogP contribution < -0.4 is 10.4 Å². The molecule has 0 fully saturated rings. The molecule has 0 saturated heterocycles. The van der Waals surface area contributed by atoms with E-state index in [1.54, 1.807) is 23.9 Å². The lowest BCUT2D eigenvalue weighted by Crippen LogP contribution is -2.42. The Hall–Kier alpha value is -1.72. The average Bonchev–Trinajstić information content (AvgIpc) is 2.93. The third-order valence-electron chi connectivity index (χ3n) is 4.04. The van der Waals surface area contributed by atoms with Crippen molar-refractivity contribution in [3.63, 3.8) is 0 Å².